The van der Waals surface area contributed by atoms with Gasteiger partial charge in [-0.15, -0.1) is 0 Å². The lowest BCUT2D eigenvalue weighted by molar-refractivity contribution is -0.139. The third kappa shape index (κ3) is 6.42. The quantitative estimate of drug-likeness (QED) is 0.572. The largest absolute Gasteiger partial charge is 0.480 e. The smallest absolute Gasteiger partial charge is 0.326 e. The molecule has 1 aromatic rings. The zero-order valence-corrected chi connectivity index (χ0v) is 11.8. The molecule has 21 heavy (non-hydrogen) atoms. The van der Waals surface area contributed by atoms with Gasteiger partial charge in [-0.2, -0.15) is 0 Å². The van der Waals surface area contributed by atoms with Crippen LogP contribution >= 0.6 is 0 Å². The van der Waals surface area contributed by atoms with Gasteiger partial charge < -0.3 is 21.1 Å². The van der Waals surface area contributed by atoms with Crippen LogP contribution in [0.2, 0.25) is 0 Å². The van der Waals surface area contributed by atoms with E-state index in [-0.39, 0.29) is 18.9 Å². The van der Waals surface area contributed by atoms with Crippen molar-refractivity contribution >= 4 is 17.9 Å². The summed E-state index contributed by atoms with van der Waals surface area (Å²) in [4.78, 5) is 33.9. The van der Waals surface area contributed by atoms with E-state index < -0.39 is 18.0 Å². The average Bonchev–Trinajstić information content (AvgIpc) is 2.46. The molecular weight excluding hydrogens is 274 g/mol. The number of carbonyl (C=O) groups excluding carboxylic acids is 2. The summed E-state index contributed by atoms with van der Waals surface area (Å²) in [6.45, 7) is 2.03. The molecule has 4 N–H and O–H groups in total. The van der Waals surface area contributed by atoms with Crippen LogP contribution in [0, 0.1) is 0 Å². The van der Waals surface area contributed by atoms with Crippen LogP contribution < -0.4 is 16.0 Å². The minimum Gasteiger partial charge on any atom is -0.480 e. The molecule has 0 saturated heterocycles. The van der Waals surface area contributed by atoms with Crippen molar-refractivity contribution in [2.45, 2.75) is 19.4 Å². The highest BCUT2D eigenvalue weighted by molar-refractivity contribution is 5.86. The number of carboxylic acid groups (broad SMARTS) is 1. The minimum atomic E-state index is -1.13. The predicted molar refractivity (Wildman–Crippen MR) is 76.8 cm³/mol. The van der Waals surface area contributed by atoms with Gasteiger partial charge in [0.05, 0.1) is 6.54 Å². The third-order valence-electron chi connectivity index (χ3n) is 2.67. The lowest BCUT2D eigenvalue weighted by atomic mass is 10.1. The molecule has 7 heteroatoms. The Morgan fingerprint density at radius 3 is 2.38 bits per heavy atom. The maximum Gasteiger partial charge on any atom is 0.326 e. The number of rotatable bonds is 7. The van der Waals surface area contributed by atoms with Crippen molar-refractivity contribution in [1.29, 1.82) is 0 Å². The van der Waals surface area contributed by atoms with Crippen LogP contribution in [0.15, 0.2) is 30.3 Å². The first-order valence-corrected chi connectivity index (χ1v) is 6.60. The highest BCUT2D eigenvalue weighted by Crippen LogP contribution is 2.03. The Labute approximate surface area is 122 Å². The molecule has 3 amide bonds. The van der Waals surface area contributed by atoms with E-state index in [9.17, 15) is 14.4 Å². The van der Waals surface area contributed by atoms with E-state index in [2.05, 4.69) is 16.0 Å². The summed E-state index contributed by atoms with van der Waals surface area (Å²) < 4.78 is 0. The molecule has 0 bridgehead atoms. The average molecular weight is 293 g/mol. The fourth-order valence-corrected chi connectivity index (χ4v) is 1.68. The molecule has 0 heterocycles. The Kier molecular flexibility index (Phi) is 6.73. The number of benzene rings is 1. The number of hydrogen-bond donors (Lipinski definition) is 4. The molecule has 0 spiro atoms. The number of amides is 3. The molecule has 7 nitrogen and oxygen atoms in total. The van der Waals surface area contributed by atoms with Crippen LogP contribution in [-0.4, -0.2) is 42.1 Å². The van der Waals surface area contributed by atoms with E-state index in [0.29, 0.717) is 6.54 Å². The van der Waals surface area contributed by atoms with Crippen molar-refractivity contribution < 1.29 is 19.5 Å². The number of carbonyl (C=O) groups is 3. The second-order valence-electron chi connectivity index (χ2n) is 4.36. The first-order valence-electron chi connectivity index (χ1n) is 6.60. The van der Waals surface area contributed by atoms with Crippen LogP contribution in [0.5, 0.6) is 0 Å². The highest BCUT2D eigenvalue weighted by Gasteiger charge is 2.20. The van der Waals surface area contributed by atoms with Gasteiger partial charge in [-0.25, -0.2) is 9.59 Å². The number of aliphatic carboxylic acids is 1. The van der Waals surface area contributed by atoms with Gasteiger partial charge in [-0.1, -0.05) is 30.3 Å². The van der Waals surface area contributed by atoms with E-state index in [1.807, 2.05) is 6.07 Å². The molecule has 0 unspecified atom stereocenters. The van der Waals surface area contributed by atoms with Crippen molar-refractivity contribution in [1.82, 2.24) is 16.0 Å². The molecule has 0 saturated carbocycles. The number of nitrogens with one attached hydrogen (secondary N) is 3. The van der Waals surface area contributed by atoms with E-state index >= 15 is 0 Å². The summed E-state index contributed by atoms with van der Waals surface area (Å²) in [5, 5.41) is 16.3. The topological polar surface area (TPSA) is 108 Å². The van der Waals surface area contributed by atoms with E-state index in [1.165, 1.54) is 0 Å². The van der Waals surface area contributed by atoms with Gasteiger partial charge in [0.25, 0.3) is 0 Å². The van der Waals surface area contributed by atoms with Crippen molar-refractivity contribution in [2.75, 3.05) is 13.1 Å². The molecule has 0 aliphatic heterocycles. The Bertz CT molecular complexity index is 490. The maximum atomic E-state index is 11.6. The molecule has 114 valence electrons. The summed E-state index contributed by atoms with van der Waals surface area (Å²) in [6, 6.07) is 7.23. The van der Waals surface area contributed by atoms with E-state index in [1.54, 1.807) is 31.2 Å². The molecule has 0 aliphatic carbocycles. The number of urea groups is 1. The van der Waals surface area contributed by atoms with E-state index in [0.717, 1.165) is 5.56 Å². The Morgan fingerprint density at radius 1 is 1.14 bits per heavy atom. The number of likely N-dealkylation sites (N-methyl/N-ethyl adjacent to an activating group) is 1. The third-order valence-corrected chi connectivity index (χ3v) is 2.67. The monoisotopic (exact) mass is 293 g/mol. The summed E-state index contributed by atoms with van der Waals surface area (Å²) in [7, 11) is 0. The van der Waals surface area contributed by atoms with Crippen LogP contribution in [-0.2, 0) is 16.0 Å². The fourth-order valence-electron chi connectivity index (χ4n) is 1.68. The second kappa shape index (κ2) is 8.57. The maximum absolute atomic E-state index is 11.6. The van der Waals surface area contributed by atoms with Gasteiger partial charge in [0, 0.05) is 13.0 Å². The molecule has 1 aromatic carbocycles. The summed E-state index contributed by atoms with van der Waals surface area (Å²) in [6.07, 6.45) is 0.171. The summed E-state index contributed by atoms with van der Waals surface area (Å²) in [5.74, 6) is -1.46. The lowest BCUT2D eigenvalue weighted by Crippen LogP contribution is -2.49. The number of hydrogen-bond acceptors (Lipinski definition) is 3. The van der Waals surface area contributed by atoms with Gasteiger partial charge in [0.2, 0.25) is 5.91 Å². The molecule has 0 aromatic heterocycles. The first-order chi connectivity index (χ1) is 10.0. The summed E-state index contributed by atoms with van der Waals surface area (Å²) >= 11 is 0. The van der Waals surface area contributed by atoms with Crippen molar-refractivity contribution in [3.05, 3.63) is 35.9 Å². The van der Waals surface area contributed by atoms with Crippen LogP contribution in [0.3, 0.4) is 0 Å². The first kappa shape index (κ1) is 16.5. The Morgan fingerprint density at radius 2 is 1.81 bits per heavy atom. The molecular formula is C14H19N3O4. The van der Waals surface area contributed by atoms with Crippen molar-refractivity contribution in [3.63, 3.8) is 0 Å². The molecule has 1 atom stereocenters. The summed E-state index contributed by atoms with van der Waals surface area (Å²) in [5.41, 5.74) is 0.800. The second-order valence-corrected chi connectivity index (χ2v) is 4.36. The Hall–Kier alpha value is -2.57. The zero-order valence-electron chi connectivity index (χ0n) is 11.8. The van der Waals surface area contributed by atoms with Crippen LogP contribution in [0.4, 0.5) is 4.79 Å². The minimum absolute atomic E-state index is 0.171. The SMILES string of the molecule is CCNC(=O)CNC(=O)N[C@H](Cc1ccccc1)C(=O)O. The van der Waals surface area contributed by atoms with Crippen LogP contribution in [0.1, 0.15) is 12.5 Å². The zero-order chi connectivity index (χ0) is 15.7. The highest BCUT2D eigenvalue weighted by atomic mass is 16.4. The normalized spacial score (nSPS) is 11.3. The fraction of sp³-hybridized carbons (Fsp3) is 0.357. The molecule has 0 fully saturated rings. The van der Waals surface area contributed by atoms with Gasteiger partial charge >= 0.3 is 12.0 Å². The van der Waals surface area contributed by atoms with Crippen molar-refractivity contribution in [2.24, 2.45) is 0 Å². The Balaban J connectivity index is 2.49. The molecule has 0 aliphatic rings. The lowest BCUT2D eigenvalue weighted by Gasteiger charge is -2.15. The number of carboxylic acids is 1. The van der Waals surface area contributed by atoms with Gasteiger partial charge in [0.1, 0.15) is 6.04 Å². The van der Waals surface area contributed by atoms with Crippen molar-refractivity contribution in [3.8, 4) is 0 Å². The predicted octanol–water partition coefficient (Wildman–Crippen LogP) is 0.118. The molecule has 1 rings (SSSR count). The van der Waals surface area contributed by atoms with Crippen LogP contribution in [0.25, 0.3) is 0 Å². The standard InChI is InChI=1S/C14H19N3O4/c1-2-15-12(18)9-16-14(21)17-11(13(19)20)8-10-6-4-3-5-7-10/h3-7,11H,2,8-9H2,1H3,(H,15,18)(H,19,20)(H2,16,17,21)/t11-/m1/s1. The van der Waals surface area contributed by atoms with Gasteiger partial charge in [-0.05, 0) is 12.5 Å². The van der Waals surface area contributed by atoms with E-state index in [4.69, 9.17) is 5.11 Å². The molecule has 0 radical (unpaired) electrons. The van der Waals surface area contributed by atoms with Gasteiger partial charge in [-0.3, -0.25) is 4.79 Å². The van der Waals surface area contributed by atoms with Gasteiger partial charge in [0.15, 0.2) is 0 Å².